The molecule has 3 heteroatoms. The SMILES string of the molecule is NC(Cc1cccs1)c1ccc(Cl)cc1. The first-order valence-electron chi connectivity index (χ1n) is 4.79. The van der Waals surface area contributed by atoms with Crippen molar-refractivity contribution >= 4 is 22.9 Å². The Morgan fingerprint density at radius 2 is 1.93 bits per heavy atom. The molecule has 0 amide bonds. The fourth-order valence-corrected chi connectivity index (χ4v) is 2.36. The Bertz CT molecular complexity index is 408. The summed E-state index contributed by atoms with van der Waals surface area (Å²) in [6, 6.07) is 12.0. The maximum atomic E-state index is 6.10. The number of benzene rings is 1. The maximum absolute atomic E-state index is 6.10. The smallest absolute Gasteiger partial charge is 0.0406 e. The lowest BCUT2D eigenvalue weighted by Crippen LogP contribution is -2.12. The molecule has 15 heavy (non-hydrogen) atoms. The molecule has 0 radical (unpaired) electrons. The largest absolute Gasteiger partial charge is 0.324 e. The molecule has 78 valence electrons. The molecule has 2 N–H and O–H groups in total. The Morgan fingerprint density at radius 3 is 2.53 bits per heavy atom. The first kappa shape index (κ1) is 10.7. The zero-order valence-corrected chi connectivity index (χ0v) is 9.76. The van der Waals surface area contributed by atoms with Crippen molar-refractivity contribution in [1.29, 1.82) is 0 Å². The van der Waals surface area contributed by atoms with Gasteiger partial charge in [-0.2, -0.15) is 0 Å². The second-order valence-electron chi connectivity index (χ2n) is 3.44. The molecule has 1 nitrogen and oxygen atoms in total. The van der Waals surface area contributed by atoms with Gasteiger partial charge in [-0.1, -0.05) is 29.8 Å². The highest BCUT2D eigenvalue weighted by molar-refractivity contribution is 7.09. The predicted octanol–water partition coefficient (Wildman–Crippen LogP) is 3.64. The molecule has 1 aromatic carbocycles. The quantitative estimate of drug-likeness (QED) is 0.867. The van der Waals surface area contributed by atoms with E-state index in [1.54, 1.807) is 11.3 Å². The summed E-state index contributed by atoms with van der Waals surface area (Å²) in [5, 5.41) is 2.83. The van der Waals surface area contributed by atoms with Crippen LogP contribution in [0.3, 0.4) is 0 Å². The number of thiophene rings is 1. The van der Waals surface area contributed by atoms with E-state index >= 15 is 0 Å². The highest BCUT2D eigenvalue weighted by Crippen LogP contribution is 2.20. The van der Waals surface area contributed by atoms with Gasteiger partial charge in [0.25, 0.3) is 0 Å². The van der Waals surface area contributed by atoms with Crippen LogP contribution in [0.15, 0.2) is 41.8 Å². The molecule has 2 aromatic rings. The Hall–Kier alpha value is -0.830. The number of halogens is 1. The van der Waals surface area contributed by atoms with Crippen molar-refractivity contribution < 1.29 is 0 Å². The number of rotatable bonds is 3. The Labute approximate surface area is 98.5 Å². The molecule has 0 aliphatic rings. The fraction of sp³-hybridized carbons (Fsp3) is 0.167. The number of nitrogens with two attached hydrogens (primary N) is 1. The van der Waals surface area contributed by atoms with Gasteiger partial charge in [0.1, 0.15) is 0 Å². The van der Waals surface area contributed by atoms with Gasteiger partial charge < -0.3 is 5.73 Å². The fourth-order valence-electron chi connectivity index (χ4n) is 1.47. The summed E-state index contributed by atoms with van der Waals surface area (Å²) in [6.07, 6.45) is 0.888. The lowest BCUT2D eigenvalue weighted by molar-refractivity contribution is 0.730. The van der Waals surface area contributed by atoms with Crippen LogP contribution in [0.4, 0.5) is 0 Å². The molecule has 1 atom stereocenters. The molecule has 1 aromatic heterocycles. The normalized spacial score (nSPS) is 12.7. The minimum atomic E-state index is 0.0564. The van der Waals surface area contributed by atoms with Crippen molar-refractivity contribution in [1.82, 2.24) is 0 Å². The molecule has 1 heterocycles. The summed E-state index contributed by atoms with van der Waals surface area (Å²) in [5.74, 6) is 0. The Kier molecular flexibility index (Phi) is 3.41. The lowest BCUT2D eigenvalue weighted by atomic mass is 10.0. The lowest BCUT2D eigenvalue weighted by Gasteiger charge is -2.10. The predicted molar refractivity (Wildman–Crippen MR) is 66.4 cm³/mol. The van der Waals surface area contributed by atoms with Gasteiger partial charge in [0.05, 0.1) is 0 Å². The van der Waals surface area contributed by atoms with E-state index in [4.69, 9.17) is 17.3 Å². The van der Waals surface area contributed by atoms with Gasteiger partial charge in [0.2, 0.25) is 0 Å². The first-order valence-corrected chi connectivity index (χ1v) is 6.05. The third kappa shape index (κ3) is 2.81. The van der Waals surface area contributed by atoms with Crippen LogP contribution in [0.5, 0.6) is 0 Å². The van der Waals surface area contributed by atoms with Crippen LogP contribution in [0.2, 0.25) is 5.02 Å². The summed E-state index contributed by atoms with van der Waals surface area (Å²) >= 11 is 7.56. The van der Waals surface area contributed by atoms with Crippen LogP contribution in [0.1, 0.15) is 16.5 Å². The minimum Gasteiger partial charge on any atom is -0.324 e. The monoisotopic (exact) mass is 237 g/mol. The Balaban J connectivity index is 2.08. The van der Waals surface area contributed by atoms with Gasteiger partial charge in [-0.3, -0.25) is 0 Å². The third-order valence-corrected chi connectivity index (χ3v) is 3.45. The second kappa shape index (κ2) is 4.79. The van der Waals surface area contributed by atoms with Gasteiger partial charge in [-0.05, 0) is 29.1 Å². The second-order valence-corrected chi connectivity index (χ2v) is 4.91. The zero-order valence-electron chi connectivity index (χ0n) is 8.19. The molecule has 0 spiro atoms. The van der Waals surface area contributed by atoms with Gasteiger partial charge in [-0.25, -0.2) is 0 Å². The van der Waals surface area contributed by atoms with Gasteiger partial charge in [-0.15, -0.1) is 11.3 Å². The van der Waals surface area contributed by atoms with Gasteiger partial charge in [0, 0.05) is 22.4 Å². The summed E-state index contributed by atoms with van der Waals surface area (Å²) in [7, 11) is 0. The molecular weight excluding hydrogens is 226 g/mol. The van der Waals surface area contributed by atoms with Crippen molar-refractivity contribution in [3.63, 3.8) is 0 Å². The van der Waals surface area contributed by atoms with Crippen molar-refractivity contribution in [2.45, 2.75) is 12.5 Å². The molecule has 2 rings (SSSR count). The number of hydrogen-bond acceptors (Lipinski definition) is 2. The molecule has 0 bridgehead atoms. The average molecular weight is 238 g/mol. The molecule has 0 saturated carbocycles. The van der Waals surface area contributed by atoms with Crippen LogP contribution in [0, 0.1) is 0 Å². The molecule has 0 aliphatic carbocycles. The summed E-state index contributed by atoms with van der Waals surface area (Å²) in [5.41, 5.74) is 7.23. The highest BCUT2D eigenvalue weighted by atomic mass is 35.5. The molecular formula is C12H12ClNS. The Morgan fingerprint density at radius 1 is 1.20 bits per heavy atom. The third-order valence-electron chi connectivity index (χ3n) is 2.30. The van der Waals surface area contributed by atoms with E-state index in [0.717, 1.165) is 17.0 Å². The average Bonchev–Trinajstić information content (AvgIpc) is 2.71. The van der Waals surface area contributed by atoms with Crippen LogP contribution in [0.25, 0.3) is 0 Å². The van der Waals surface area contributed by atoms with Crippen molar-refractivity contribution in [3.8, 4) is 0 Å². The number of hydrogen-bond donors (Lipinski definition) is 1. The van der Waals surface area contributed by atoms with E-state index in [9.17, 15) is 0 Å². The molecule has 0 saturated heterocycles. The highest BCUT2D eigenvalue weighted by Gasteiger charge is 2.07. The van der Waals surface area contributed by atoms with E-state index in [2.05, 4.69) is 17.5 Å². The van der Waals surface area contributed by atoms with Crippen molar-refractivity contribution in [3.05, 3.63) is 57.2 Å². The van der Waals surface area contributed by atoms with Gasteiger partial charge in [0.15, 0.2) is 0 Å². The molecule has 0 fully saturated rings. The minimum absolute atomic E-state index is 0.0564. The standard InChI is InChI=1S/C12H12ClNS/c13-10-5-3-9(4-6-10)12(14)8-11-2-1-7-15-11/h1-7,12H,8,14H2. The summed E-state index contributed by atoms with van der Waals surface area (Å²) in [4.78, 5) is 1.32. The summed E-state index contributed by atoms with van der Waals surface area (Å²) < 4.78 is 0. The summed E-state index contributed by atoms with van der Waals surface area (Å²) in [6.45, 7) is 0. The van der Waals surface area contributed by atoms with E-state index in [-0.39, 0.29) is 6.04 Å². The van der Waals surface area contributed by atoms with Crippen LogP contribution in [-0.2, 0) is 6.42 Å². The van der Waals surface area contributed by atoms with Crippen molar-refractivity contribution in [2.24, 2.45) is 5.73 Å². The van der Waals surface area contributed by atoms with E-state index in [1.165, 1.54) is 4.88 Å². The van der Waals surface area contributed by atoms with Gasteiger partial charge >= 0.3 is 0 Å². The zero-order chi connectivity index (χ0) is 10.7. The van der Waals surface area contributed by atoms with E-state index in [0.29, 0.717) is 0 Å². The maximum Gasteiger partial charge on any atom is 0.0406 e. The van der Waals surface area contributed by atoms with Crippen LogP contribution in [-0.4, -0.2) is 0 Å². The van der Waals surface area contributed by atoms with Crippen LogP contribution < -0.4 is 5.73 Å². The van der Waals surface area contributed by atoms with E-state index < -0.39 is 0 Å². The first-order chi connectivity index (χ1) is 7.25. The topological polar surface area (TPSA) is 26.0 Å². The van der Waals surface area contributed by atoms with Crippen LogP contribution >= 0.6 is 22.9 Å². The molecule has 1 unspecified atom stereocenters. The van der Waals surface area contributed by atoms with Crippen molar-refractivity contribution in [2.75, 3.05) is 0 Å². The van der Waals surface area contributed by atoms with E-state index in [1.807, 2.05) is 24.3 Å². The molecule has 0 aliphatic heterocycles.